The van der Waals surface area contributed by atoms with Gasteiger partial charge in [0, 0.05) is 23.2 Å². The van der Waals surface area contributed by atoms with Crippen molar-refractivity contribution in [2.45, 2.75) is 63.2 Å². The molecule has 4 heteroatoms. The molecule has 1 aliphatic carbocycles. The standard InChI is InChI=1S/C17H29N3S/c1-2-10-19-15(12-14-7-6-11-20-17(14)18)13-21-16-8-4-3-5-9-16/h6-7,11,15-16,19H,2-5,8-10,12-13H2,1H3,(H2,18,20). The number of thioether (sulfide) groups is 1. The molecule has 1 saturated carbocycles. The zero-order valence-corrected chi connectivity index (χ0v) is 14.0. The summed E-state index contributed by atoms with van der Waals surface area (Å²) in [5, 5.41) is 4.55. The van der Waals surface area contributed by atoms with Gasteiger partial charge < -0.3 is 11.1 Å². The number of nitrogens with one attached hydrogen (secondary N) is 1. The Hall–Kier alpha value is -0.740. The number of nitrogens with zero attached hydrogens (tertiary/aromatic N) is 1. The lowest BCUT2D eigenvalue weighted by atomic mass is 10.0. The first-order valence-electron chi connectivity index (χ1n) is 8.34. The largest absolute Gasteiger partial charge is 0.383 e. The van der Waals surface area contributed by atoms with Crippen molar-refractivity contribution in [1.82, 2.24) is 10.3 Å². The number of nitrogen functional groups attached to an aromatic ring is 1. The molecule has 21 heavy (non-hydrogen) atoms. The number of aromatic nitrogens is 1. The molecule has 0 aliphatic heterocycles. The Bertz CT molecular complexity index is 405. The summed E-state index contributed by atoms with van der Waals surface area (Å²) >= 11 is 2.16. The van der Waals surface area contributed by atoms with Crippen molar-refractivity contribution in [2.24, 2.45) is 0 Å². The summed E-state index contributed by atoms with van der Waals surface area (Å²) in [6.45, 7) is 3.30. The molecule has 118 valence electrons. The number of nitrogens with two attached hydrogens (primary N) is 1. The Morgan fingerprint density at radius 3 is 2.90 bits per heavy atom. The second kappa shape index (κ2) is 9.31. The highest BCUT2D eigenvalue weighted by atomic mass is 32.2. The minimum absolute atomic E-state index is 0.503. The van der Waals surface area contributed by atoms with Gasteiger partial charge in [0.1, 0.15) is 5.82 Å². The zero-order chi connectivity index (χ0) is 14.9. The van der Waals surface area contributed by atoms with Crippen molar-refractivity contribution >= 4 is 17.6 Å². The molecule has 0 bridgehead atoms. The van der Waals surface area contributed by atoms with Crippen molar-refractivity contribution in [2.75, 3.05) is 18.0 Å². The molecule has 1 aromatic rings. The summed E-state index contributed by atoms with van der Waals surface area (Å²) in [6, 6.07) is 4.59. The number of pyridine rings is 1. The summed E-state index contributed by atoms with van der Waals surface area (Å²) in [7, 11) is 0. The summed E-state index contributed by atoms with van der Waals surface area (Å²) in [4.78, 5) is 4.21. The van der Waals surface area contributed by atoms with E-state index in [0.717, 1.165) is 18.2 Å². The van der Waals surface area contributed by atoms with Gasteiger partial charge >= 0.3 is 0 Å². The van der Waals surface area contributed by atoms with E-state index in [-0.39, 0.29) is 0 Å². The maximum atomic E-state index is 5.99. The summed E-state index contributed by atoms with van der Waals surface area (Å²) in [5.41, 5.74) is 7.17. The predicted octanol–water partition coefficient (Wildman–Crippen LogP) is 3.64. The third kappa shape index (κ3) is 5.87. The molecule has 0 aromatic carbocycles. The van der Waals surface area contributed by atoms with E-state index in [1.165, 1.54) is 49.8 Å². The van der Waals surface area contributed by atoms with Gasteiger partial charge in [-0.2, -0.15) is 11.8 Å². The summed E-state index contributed by atoms with van der Waals surface area (Å²) in [5.74, 6) is 1.86. The average Bonchev–Trinajstić information content (AvgIpc) is 2.53. The Balaban J connectivity index is 1.86. The van der Waals surface area contributed by atoms with E-state index >= 15 is 0 Å². The molecule has 1 aliphatic rings. The molecule has 2 rings (SSSR count). The molecule has 3 N–H and O–H groups in total. The molecular formula is C17H29N3S. The minimum atomic E-state index is 0.503. The first kappa shape index (κ1) is 16.6. The quantitative estimate of drug-likeness (QED) is 0.770. The lowest BCUT2D eigenvalue weighted by Gasteiger charge is -2.25. The normalized spacial score (nSPS) is 17.8. The van der Waals surface area contributed by atoms with Crippen molar-refractivity contribution in [3.05, 3.63) is 23.9 Å². The molecule has 0 amide bonds. The summed E-state index contributed by atoms with van der Waals surface area (Å²) in [6.07, 6.45) is 11.0. The minimum Gasteiger partial charge on any atom is -0.383 e. The van der Waals surface area contributed by atoms with Crippen molar-refractivity contribution in [3.8, 4) is 0 Å². The highest BCUT2D eigenvalue weighted by Gasteiger charge is 2.17. The topological polar surface area (TPSA) is 50.9 Å². The summed E-state index contributed by atoms with van der Waals surface area (Å²) < 4.78 is 0. The Morgan fingerprint density at radius 1 is 1.38 bits per heavy atom. The third-order valence-electron chi connectivity index (χ3n) is 4.16. The van der Waals surface area contributed by atoms with Gasteiger partial charge in [-0.05, 0) is 43.9 Å². The van der Waals surface area contributed by atoms with E-state index < -0.39 is 0 Å². The number of hydrogen-bond acceptors (Lipinski definition) is 4. The third-order valence-corrected chi connectivity index (χ3v) is 5.70. The second-order valence-electron chi connectivity index (χ2n) is 6.00. The predicted molar refractivity (Wildman–Crippen MR) is 93.8 cm³/mol. The maximum Gasteiger partial charge on any atom is 0.126 e. The molecule has 1 fully saturated rings. The molecule has 1 heterocycles. The van der Waals surface area contributed by atoms with Crippen LogP contribution < -0.4 is 11.1 Å². The SMILES string of the molecule is CCCNC(CSC1CCCCC1)Cc1cccnc1N. The monoisotopic (exact) mass is 307 g/mol. The Labute approximate surface area is 133 Å². The molecule has 1 atom stereocenters. The van der Waals surface area contributed by atoms with Crippen LogP contribution in [0.3, 0.4) is 0 Å². The average molecular weight is 308 g/mol. The van der Waals surface area contributed by atoms with Crippen LogP contribution in [0.2, 0.25) is 0 Å². The van der Waals surface area contributed by atoms with Gasteiger partial charge in [0.05, 0.1) is 0 Å². The first-order valence-corrected chi connectivity index (χ1v) is 9.38. The Kier molecular flexibility index (Phi) is 7.37. The van der Waals surface area contributed by atoms with E-state index in [4.69, 9.17) is 5.73 Å². The first-order chi connectivity index (χ1) is 10.3. The van der Waals surface area contributed by atoms with Crippen LogP contribution in [-0.2, 0) is 6.42 Å². The van der Waals surface area contributed by atoms with Gasteiger partial charge in [-0.15, -0.1) is 0 Å². The van der Waals surface area contributed by atoms with E-state index in [9.17, 15) is 0 Å². The number of rotatable bonds is 8. The van der Waals surface area contributed by atoms with Gasteiger partial charge in [-0.1, -0.05) is 32.3 Å². The molecule has 3 nitrogen and oxygen atoms in total. The van der Waals surface area contributed by atoms with E-state index in [0.29, 0.717) is 11.9 Å². The van der Waals surface area contributed by atoms with Crippen molar-refractivity contribution < 1.29 is 0 Å². The smallest absolute Gasteiger partial charge is 0.126 e. The van der Waals surface area contributed by atoms with Crippen LogP contribution in [-0.4, -0.2) is 28.6 Å². The fraction of sp³-hybridized carbons (Fsp3) is 0.706. The van der Waals surface area contributed by atoms with Crippen molar-refractivity contribution in [1.29, 1.82) is 0 Å². The van der Waals surface area contributed by atoms with E-state index in [2.05, 4.69) is 35.1 Å². The van der Waals surface area contributed by atoms with Crippen LogP contribution in [0.25, 0.3) is 0 Å². The Morgan fingerprint density at radius 2 is 2.19 bits per heavy atom. The van der Waals surface area contributed by atoms with Crippen LogP contribution in [0.15, 0.2) is 18.3 Å². The molecule has 0 saturated heterocycles. The van der Waals surface area contributed by atoms with Gasteiger partial charge in [0.25, 0.3) is 0 Å². The lowest BCUT2D eigenvalue weighted by Crippen LogP contribution is -2.35. The number of hydrogen-bond donors (Lipinski definition) is 2. The van der Waals surface area contributed by atoms with E-state index in [1.54, 1.807) is 6.20 Å². The van der Waals surface area contributed by atoms with Gasteiger partial charge in [-0.3, -0.25) is 0 Å². The van der Waals surface area contributed by atoms with Crippen LogP contribution in [0.4, 0.5) is 5.82 Å². The highest BCUT2D eigenvalue weighted by molar-refractivity contribution is 7.99. The fourth-order valence-corrected chi connectivity index (χ4v) is 4.32. The van der Waals surface area contributed by atoms with Crippen molar-refractivity contribution in [3.63, 3.8) is 0 Å². The molecule has 1 unspecified atom stereocenters. The molecule has 1 aromatic heterocycles. The molecule has 0 spiro atoms. The van der Waals surface area contributed by atoms with E-state index in [1.807, 2.05) is 6.07 Å². The number of anilines is 1. The molecule has 0 radical (unpaired) electrons. The van der Waals surface area contributed by atoms with Gasteiger partial charge in [0.2, 0.25) is 0 Å². The lowest BCUT2D eigenvalue weighted by molar-refractivity contribution is 0.511. The van der Waals surface area contributed by atoms with Crippen LogP contribution in [0, 0.1) is 0 Å². The molecular weight excluding hydrogens is 278 g/mol. The zero-order valence-electron chi connectivity index (χ0n) is 13.2. The fourth-order valence-electron chi connectivity index (χ4n) is 2.91. The van der Waals surface area contributed by atoms with Gasteiger partial charge in [-0.25, -0.2) is 4.98 Å². The van der Waals surface area contributed by atoms with Crippen LogP contribution in [0.5, 0.6) is 0 Å². The highest BCUT2D eigenvalue weighted by Crippen LogP contribution is 2.29. The van der Waals surface area contributed by atoms with Crippen LogP contribution in [0.1, 0.15) is 51.0 Å². The second-order valence-corrected chi connectivity index (χ2v) is 7.33. The maximum absolute atomic E-state index is 5.99. The van der Waals surface area contributed by atoms with Gasteiger partial charge in [0.15, 0.2) is 0 Å². The van der Waals surface area contributed by atoms with Crippen LogP contribution >= 0.6 is 11.8 Å².